The topological polar surface area (TPSA) is 38.8 Å². The predicted octanol–water partition coefficient (Wildman–Crippen LogP) is 2.27. The summed E-state index contributed by atoms with van der Waals surface area (Å²) in [5.41, 5.74) is 1.26. The highest BCUT2D eigenvalue weighted by atomic mass is 16.5. The molecule has 4 nitrogen and oxygen atoms in total. The molecule has 1 aromatic carbocycles. The number of para-hydroxylation sites is 1. The number of hydrogen-bond acceptors (Lipinski definition) is 4. The minimum Gasteiger partial charge on any atom is -0.496 e. The van der Waals surface area contributed by atoms with E-state index in [4.69, 9.17) is 9.47 Å². The number of benzene rings is 1. The number of methoxy groups -OCH3 is 1. The third-order valence-corrected chi connectivity index (χ3v) is 4.60. The first-order valence-corrected chi connectivity index (χ1v) is 7.80. The molecule has 2 aliphatic rings. The molecule has 114 valence electrons. The van der Waals surface area contributed by atoms with Gasteiger partial charge in [-0.3, -0.25) is 9.69 Å². The van der Waals surface area contributed by atoms with Crippen molar-refractivity contribution < 1.29 is 14.3 Å². The molecule has 2 fully saturated rings. The van der Waals surface area contributed by atoms with Gasteiger partial charge in [0.2, 0.25) is 0 Å². The van der Waals surface area contributed by atoms with E-state index in [0.717, 1.165) is 38.1 Å². The largest absolute Gasteiger partial charge is 0.496 e. The third-order valence-electron chi connectivity index (χ3n) is 4.60. The Morgan fingerprint density at radius 1 is 1.33 bits per heavy atom. The Bertz CT molecular complexity index is 503. The summed E-state index contributed by atoms with van der Waals surface area (Å²) in [6.07, 6.45) is 4.24. The van der Waals surface area contributed by atoms with E-state index in [2.05, 4.69) is 17.0 Å². The van der Waals surface area contributed by atoms with Crippen LogP contribution in [0.1, 0.15) is 24.8 Å². The Kier molecular flexibility index (Phi) is 4.44. The lowest BCUT2D eigenvalue weighted by Crippen LogP contribution is -2.45. The number of hydrogen-bond donors (Lipinski definition) is 0. The zero-order valence-electron chi connectivity index (χ0n) is 12.6. The number of likely N-dealkylation sites (tertiary alicyclic amines) is 1. The van der Waals surface area contributed by atoms with Crippen molar-refractivity contribution in [1.82, 2.24) is 4.90 Å². The van der Waals surface area contributed by atoms with Gasteiger partial charge >= 0.3 is 5.97 Å². The molecule has 2 atom stereocenters. The van der Waals surface area contributed by atoms with Gasteiger partial charge in [0.05, 0.1) is 13.7 Å². The summed E-state index contributed by atoms with van der Waals surface area (Å²) in [5, 5.41) is 0. The molecule has 4 heteroatoms. The molecule has 2 saturated heterocycles. The highest BCUT2D eigenvalue weighted by Gasteiger charge is 2.35. The van der Waals surface area contributed by atoms with Crippen LogP contribution in [0, 0.1) is 5.92 Å². The van der Waals surface area contributed by atoms with Crippen LogP contribution in [0.2, 0.25) is 0 Å². The summed E-state index contributed by atoms with van der Waals surface area (Å²) in [4.78, 5) is 14.1. The molecule has 0 bridgehead atoms. The van der Waals surface area contributed by atoms with Crippen molar-refractivity contribution in [3.8, 4) is 5.75 Å². The van der Waals surface area contributed by atoms with Crippen LogP contribution in [0.4, 0.5) is 0 Å². The lowest BCUT2D eigenvalue weighted by molar-refractivity contribution is -0.142. The van der Waals surface area contributed by atoms with E-state index in [1.54, 1.807) is 7.11 Å². The zero-order chi connectivity index (χ0) is 14.7. The van der Waals surface area contributed by atoms with Crippen molar-refractivity contribution >= 4 is 5.97 Å². The lowest BCUT2D eigenvalue weighted by Gasteiger charge is -2.35. The van der Waals surface area contributed by atoms with Gasteiger partial charge in [0, 0.05) is 13.0 Å². The Morgan fingerprint density at radius 3 is 2.95 bits per heavy atom. The van der Waals surface area contributed by atoms with E-state index in [-0.39, 0.29) is 12.0 Å². The quantitative estimate of drug-likeness (QED) is 0.797. The summed E-state index contributed by atoms with van der Waals surface area (Å²) < 4.78 is 10.6. The molecule has 0 radical (unpaired) electrons. The number of esters is 1. The molecule has 21 heavy (non-hydrogen) atoms. The number of ether oxygens (including phenoxy) is 2. The van der Waals surface area contributed by atoms with Crippen LogP contribution in [0.5, 0.6) is 5.75 Å². The van der Waals surface area contributed by atoms with Crippen LogP contribution in [0.15, 0.2) is 24.3 Å². The fraction of sp³-hybridized carbons (Fsp3) is 0.588. The van der Waals surface area contributed by atoms with Gasteiger partial charge in [0.25, 0.3) is 0 Å². The second-order valence-corrected chi connectivity index (χ2v) is 5.99. The average Bonchev–Trinajstić information content (AvgIpc) is 2.94. The smallest absolute Gasteiger partial charge is 0.323 e. The van der Waals surface area contributed by atoms with Crippen molar-refractivity contribution in [3.05, 3.63) is 29.8 Å². The molecule has 0 N–H and O–H groups in total. The minimum absolute atomic E-state index is 0.00883. The van der Waals surface area contributed by atoms with Crippen LogP contribution < -0.4 is 4.74 Å². The highest BCUT2D eigenvalue weighted by Crippen LogP contribution is 2.28. The molecule has 0 spiro atoms. The molecule has 3 rings (SSSR count). The summed E-state index contributed by atoms with van der Waals surface area (Å²) in [7, 11) is 1.72. The van der Waals surface area contributed by atoms with Crippen molar-refractivity contribution in [2.45, 2.75) is 31.7 Å². The van der Waals surface area contributed by atoms with Gasteiger partial charge in [-0.05, 0) is 43.4 Å². The Balaban J connectivity index is 1.64. The third kappa shape index (κ3) is 3.21. The van der Waals surface area contributed by atoms with Gasteiger partial charge in [-0.25, -0.2) is 0 Å². The van der Waals surface area contributed by atoms with E-state index in [0.29, 0.717) is 12.5 Å². The van der Waals surface area contributed by atoms with Gasteiger partial charge in [0.1, 0.15) is 11.8 Å². The average molecular weight is 289 g/mol. The van der Waals surface area contributed by atoms with E-state index < -0.39 is 0 Å². The van der Waals surface area contributed by atoms with Gasteiger partial charge in [-0.1, -0.05) is 18.2 Å². The maximum absolute atomic E-state index is 11.8. The highest BCUT2D eigenvalue weighted by molar-refractivity contribution is 5.77. The SMILES string of the molecule is COc1ccccc1C[C@H]1CCCN([C@H]2CCOC2=O)C1. The molecule has 0 saturated carbocycles. The van der Waals surface area contributed by atoms with Crippen LogP contribution in [0.3, 0.4) is 0 Å². The van der Waals surface area contributed by atoms with Gasteiger partial charge in [-0.2, -0.15) is 0 Å². The maximum atomic E-state index is 11.8. The van der Waals surface area contributed by atoms with Gasteiger partial charge in [-0.15, -0.1) is 0 Å². The molecular weight excluding hydrogens is 266 g/mol. The van der Waals surface area contributed by atoms with Crippen molar-refractivity contribution in [1.29, 1.82) is 0 Å². The van der Waals surface area contributed by atoms with E-state index >= 15 is 0 Å². The molecule has 0 unspecified atom stereocenters. The first-order valence-electron chi connectivity index (χ1n) is 7.80. The number of rotatable bonds is 4. The Labute approximate surface area is 126 Å². The van der Waals surface area contributed by atoms with Crippen molar-refractivity contribution in [3.63, 3.8) is 0 Å². The fourth-order valence-electron chi connectivity index (χ4n) is 3.55. The van der Waals surface area contributed by atoms with Gasteiger partial charge < -0.3 is 9.47 Å². The number of piperidine rings is 1. The number of carbonyl (C=O) groups is 1. The van der Waals surface area contributed by atoms with Crippen LogP contribution >= 0.6 is 0 Å². The first-order chi connectivity index (χ1) is 10.3. The van der Waals surface area contributed by atoms with Crippen LogP contribution in [-0.4, -0.2) is 43.7 Å². The first kappa shape index (κ1) is 14.4. The maximum Gasteiger partial charge on any atom is 0.323 e. The summed E-state index contributed by atoms with van der Waals surface area (Å²) in [6.45, 7) is 2.58. The second kappa shape index (κ2) is 6.48. The van der Waals surface area contributed by atoms with E-state index in [1.807, 2.05) is 12.1 Å². The van der Waals surface area contributed by atoms with Crippen molar-refractivity contribution in [2.24, 2.45) is 5.92 Å². The molecule has 0 amide bonds. The predicted molar refractivity (Wildman–Crippen MR) is 80.4 cm³/mol. The van der Waals surface area contributed by atoms with Crippen LogP contribution in [-0.2, 0) is 16.0 Å². The Morgan fingerprint density at radius 2 is 2.19 bits per heavy atom. The molecular formula is C17H23NO3. The monoisotopic (exact) mass is 289 g/mol. The summed E-state index contributed by atoms with van der Waals surface area (Å²) in [5.74, 6) is 1.52. The second-order valence-electron chi connectivity index (χ2n) is 5.99. The number of carbonyl (C=O) groups excluding carboxylic acids is 1. The minimum atomic E-state index is -0.0343. The lowest BCUT2D eigenvalue weighted by atomic mass is 9.90. The zero-order valence-corrected chi connectivity index (χ0v) is 12.6. The van der Waals surface area contributed by atoms with E-state index in [9.17, 15) is 4.79 Å². The number of nitrogens with zero attached hydrogens (tertiary/aromatic N) is 1. The normalized spacial score (nSPS) is 26.6. The standard InChI is InChI=1S/C17H23NO3/c1-20-16-7-3-2-6-14(16)11-13-5-4-9-18(12-13)15-8-10-21-17(15)19/h2-3,6-7,13,15H,4-5,8-12H2,1H3/t13-,15+/m1/s1. The van der Waals surface area contributed by atoms with Crippen molar-refractivity contribution in [2.75, 3.05) is 26.8 Å². The number of cyclic esters (lactones) is 1. The fourth-order valence-corrected chi connectivity index (χ4v) is 3.55. The molecule has 2 aliphatic heterocycles. The molecule has 0 aromatic heterocycles. The summed E-state index contributed by atoms with van der Waals surface area (Å²) >= 11 is 0. The molecule has 1 aromatic rings. The molecule has 2 heterocycles. The van der Waals surface area contributed by atoms with E-state index in [1.165, 1.54) is 12.0 Å². The van der Waals surface area contributed by atoms with Gasteiger partial charge in [0.15, 0.2) is 0 Å². The summed E-state index contributed by atoms with van der Waals surface area (Å²) in [6, 6.07) is 8.22. The molecule has 0 aliphatic carbocycles. The van der Waals surface area contributed by atoms with Crippen LogP contribution in [0.25, 0.3) is 0 Å². The Hall–Kier alpha value is -1.55.